The molecule has 106 valence electrons. The van der Waals surface area contributed by atoms with Gasteiger partial charge in [0.1, 0.15) is 0 Å². The van der Waals surface area contributed by atoms with Gasteiger partial charge in [0.2, 0.25) is 0 Å². The molecule has 19 heavy (non-hydrogen) atoms. The molecule has 1 aliphatic rings. The van der Waals surface area contributed by atoms with Crippen LogP contribution in [0.5, 0.6) is 0 Å². The maximum atomic E-state index is 6.16. The topological polar surface area (TPSA) is 38.5 Å². The summed E-state index contributed by atoms with van der Waals surface area (Å²) in [5.74, 6) is 0. The minimum atomic E-state index is 0.211. The van der Waals surface area contributed by atoms with Crippen LogP contribution in [0.3, 0.4) is 0 Å². The molecule has 1 aromatic rings. The smallest absolute Gasteiger partial charge is 0.0641 e. The Hall–Kier alpha value is -0.770. The number of hydrogen-bond donors (Lipinski definition) is 1. The molecule has 1 heterocycles. The molecule has 2 N–H and O–H groups in total. The van der Waals surface area contributed by atoms with Crippen LogP contribution in [0, 0.1) is 0 Å². The predicted octanol–water partition coefficient (Wildman–Crippen LogP) is 2.85. The van der Waals surface area contributed by atoms with Gasteiger partial charge in [0.05, 0.1) is 6.61 Å². The Balaban J connectivity index is 2.22. The number of ether oxygens (including phenoxy) is 1. The average molecular weight is 283 g/mol. The Kier molecular flexibility index (Phi) is 5.49. The fourth-order valence-corrected chi connectivity index (χ4v) is 2.58. The SMILES string of the molecule is CCC(N)Cc1ccc(Cl)cc1N1CCCOCC1. The summed E-state index contributed by atoms with van der Waals surface area (Å²) in [6, 6.07) is 6.34. The number of anilines is 1. The zero-order valence-electron chi connectivity index (χ0n) is 11.6. The van der Waals surface area contributed by atoms with Crippen LogP contribution < -0.4 is 10.6 Å². The number of hydrogen-bond acceptors (Lipinski definition) is 3. The molecule has 4 heteroatoms. The highest BCUT2D eigenvalue weighted by Gasteiger charge is 2.15. The summed E-state index contributed by atoms with van der Waals surface area (Å²) in [7, 11) is 0. The van der Waals surface area contributed by atoms with Crippen molar-refractivity contribution in [1.29, 1.82) is 0 Å². The molecule has 1 saturated heterocycles. The molecular weight excluding hydrogens is 260 g/mol. The Morgan fingerprint density at radius 2 is 2.21 bits per heavy atom. The van der Waals surface area contributed by atoms with Crippen LogP contribution in [0.25, 0.3) is 0 Å². The van der Waals surface area contributed by atoms with Gasteiger partial charge in [-0.1, -0.05) is 24.6 Å². The zero-order chi connectivity index (χ0) is 13.7. The maximum absolute atomic E-state index is 6.16. The van der Waals surface area contributed by atoms with Crippen LogP contribution >= 0.6 is 11.6 Å². The molecule has 0 amide bonds. The van der Waals surface area contributed by atoms with Crippen molar-refractivity contribution in [2.45, 2.75) is 32.2 Å². The van der Waals surface area contributed by atoms with Gasteiger partial charge >= 0.3 is 0 Å². The van der Waals surface area contributed by atoms with Gasteiger partial charge in [-0.15, -0.1) is 0 Å². The van der Waals surface area contributed by atoms with Gasteiger partial charge in [0, 0.05) is 36.4 Å². The molecule has 0 bridgehead atoms. The summed E-state index contributed by atoms with van der Waals surface area (Å²) in [4.78, 5) is 2.37. The molecule has 0 saturated carbocycles. The Morgan fingerprint density at radius 3 is 3.00 bits per heavy atom. The Labute approximate surface area is 120 Å². The van der Waals surface area contributed by atoms with E-state index in [1.807, 2.05) is 6.07 Å². The number of rotatable bonds is 4. The maximum Gasteiger partial charge on any atom is 0.0641 e. The monoisotopic (exact) mass is 282 g/mol. The molecule has 0 spiro atoms. The molecule has 1 atom stereocenters. The highest BCUT2D eigenvalue weighted by atomic mass is 35.5. The van der Waals surface area contributed by atoms with Gasteiger partial charge in [-0.2, -0.15) is 0 Å². The van der Waals surface area contributed by atoms with Crippen LogP contribution in [0.4, 0.5) is 5.69 Å². The summed E-state index contributed by atoms with van der Waals surface area (Å²) < 4.78 is 5.52. The second-order valence-corrected chi connectivity index (χ2v) is 5.53. The van der Waals surface area contributed by atoms with Crippen molar-refractivity contribution in [2.75, 3.05) is 31.2 Å². The average Bonchev–Trinajstić information content (AvgIpc) is 2.69. The van der Waals surface area contributed by atoms with Gasteiger partial charge in [-0.05, 0) is 37.0 Å². The van der Waals surface area contributed by atoms with Crippen LogP contribution in [0.2, 0.25) is 5.02 Å². The van der Waals surface area contributed by atoms with E-state index in [9.17, 15) is 0 Å². The van der Waals surface area contributed by atoms with Gasteiger partial charge < -0.3 is 15.4 Å². The van der Waals surface area contributed by atoms with Crippen molar-refractivity contribution in [3.05, 3.63) is 28.8 Å². The first-order valence-electron chi connectivity index (χ1n) is 7.07. The van der Waals surface area contributed by atoms with E-state index in [1.54, 1.807) is 0 Å². The largest absolute Gasteiger partial charge is 0.380 e. The molecular formula is C15H23ClN2O. The summed E-state index contributed by atoms with van der Waals surface area (Å²) >= 11 is 6.16. The Bertz CT molecular complexity index is 403. The third kappa shape index (κ3) is 4.10. The molecule has 1 aliphatic heterocycles. The minimum absolute atomic E-state index is 0.211. The first-order chi connectivity index (χ1) is 9.20. The number of nitrogens with zero attached hydrogens (tertiary/aromatic N) is 1. The van der Waals surface area contributed by atoms with Crippen LogP contribution in [0.15, 0.2) is 18.2 Å². The third-order valence-corrected chi connectivity index (χ3v) is 3.85. The molecule has 3 nitrogen and oxygen atoms in total. The van der Waals surface area contributed by atoms with Gasteiger partial charge in [-0.3, -0.25) is 0 Å². The number of nitrogens with two attached hydrogens (primary N) is 1. The Morgan fingerprint density at radius 1 is 1.37 bits per heavy atom. The molecule has 0 aromatic heterocycles. The lowest BCUT2D eigenvalue weighted by Gasteiger charge is -2.26. The standard InChI is InChI=1S/C15H23ClN2O/c1-2-14(17)10-12-4-5-13(16)11-15(12)18-6-3-8-19-9-7-18/h4-5,11,14H,2-3,6-10,17H2,1H3. The second-order valence-electron chi connectivity index (χ2n) is 5.10. The van der Waals surface area contributed by atoms with Gasteiger partial charge in [-0.25, -0.2) is 0 Å². The van der Waals surface area contributed by atoms with Crippen molar-refractivity contribution >= 4 is 17.3 Å². The molecule has 2 rings (SSSR count). The van der Waals surface area contributed by atoms with Gasteiger partial charge in [0.25, 0.3) is 0 Å². The summed E-state index contributed by atoms with van der Waals surface area (Å²) in [5.41, 5.74) is 8.61. The molecule has 1 unspecified atom stereocenters. The van der Waals surface area contributed by atoms with E-state index in [4.69, 9.17) is 22.1 Å². The first-order valence-corrected chi connectivity index (χ1v) is 7.45. The van der Waals surface area contributed by atoms with E-state index < -0.39 is 0 Å². The predicted molar refractivity (Wildman–Crippen MR) is 81.1 cm³/mol. The summed E-state index contributed by atoms with van der Waals surface area (Å²) in [6.45, 7) is 5.70. The second kappa shape index (κ2) is 7.13. The lowest BCUT2D eigenvalue weighted by atomic mass is 10.0. The fourth-order valence-electron chi connectivity index (χ4n) is 2.42. The van der Waals surface area contributed by atoms with Crippen molar-refractivity contribution in [2.24, 2.45) is 5.73 Å². The molecule has 1 aromatic carbocycles. The quantitative estimate of drug-likeness (QED) is 0.923. The molecule has 0 radical (unpaired) electrons. The lowest BCUT2D eigenvalue weighted by molar-refractivity contribution is 0.152. The van der Waals surface area contributed by atoms with Crippen LogP contribution in [0.1, 0.15) is 25.3 Å². The third-order valence-electron chi connectivity index (χ3n) is 3.62. The van der Waals surface area contributed by atoms with Crippen molar-refractivity contribution < 1.29 is 4.74 Å². The van der Waals surface area contributed by atoms with E-state index in [-0.39, 0.29) is 6.04 Å². The zero-order valence-corrected chi connectivity index (χ0v) is 12.3. The van der Waals surface area contributed by atoms with E-state index >= 15 is 0 Å². The van der Waals surface area contributed by atoms with E-state index in [0.717, 1.165) is 50.6 Å². The fraction of sp³-hybridized carbons (Fsp3) is 0.600. The van der Waals surface area contributed by atoms with Crippen molar-refractivity contribution in [3.8, 4) is 0 Å². The van der Waals surface area contributed by atoms with E-state index in [1.165, 1.54) is 11.3 Å². The highest BCUT2D eigenvalue weighted by Crippen LogP contribution is 2.27. The van der Waals surface area contributed by atoms with Crippen LogP contribution in [-0.2, 0) is 11.2 Å². The van der Waals surface area contributed by atoms with Crippen molar-refractivity contribution in [3.63, 3.8) is 0 Å². The van der Waals surface area contributed by atoms with E-state index in [2.05, 4.69) is 24.0 Å². The van der Waals surface area contributed by atoms with E-state index in [0.29, 0.717) is 0 Å². The molecule has 1 fully saturated rings. The summed E-state index contributed by atoms with van der Waals surface area (Å²) in [6.07, 6.45) is 2.96. The van der Waals surface area contributed by atoms with Crippen molar-refractivity contribution in [1.82, 2.24) is 0 Å². The molecule has 0 aliphatic carbocycles. The van der Waals surface area contributed by atoms with Gasteiger partial charge in [0.15, 0.2) is 0 Å². The normalized spacial score (nSPS) is 18.2. The summed E-state index contributed by atoms with van der Waals surface area (Å²) in [5, 5.41) is 0.786. The first kappa shape index (κ1) is 14.6. The van der Waals surface area contributed by atoms with Crippen LogP contribution in [-0.4, -0.2) is 32.3 Å². The lowest BCUT2D eigenvalue weighted by Crippen LogP contribution is -2.29. The number of halogens is 1. The minimum Gasteiger partial charge on any atom is -0.380 e. The highest BCUT2D eigenvalue weighted by molar-refractivity contribution is 6.30. The number of benzene rings is 1.